The molecule has 0 aliphatic carbocycles. The molecule has 5 heteroatoms. The summed E-state index contributed by atoms with van der Waals surface area (Å²) in [7, 11) is 0. The van der Waals surface area contributed by atoms with Crippen molar-refractivity contribution in [2.45, 2.75) is 51.7 Å². The van der Waals surface area contributed by atoms with E-state index in [1.165, 1.54) is 0 Å². The summed E-state index contributed by atoms with van der Waals surface area (Å²) in [5.41, 5.74) is -0.000859. The monoisotopic (exact) mass is 258 g/mol. The minimum atomic E-state index is -0.769. The van der Waals surface area contributed by atoms with Gasteiger partial charge < -0.3 is 15.2 Å². The fraction of sp³-hybridized carbons (Fsp3) is 0.923. The van der Waals surface area contributed by atoms with Gasteiger partial charge in [-0.1, -0.05) is 13.8 Å². The maximum Gasteiger partial charge on any atom is 0.320 e. The number of morpholine rings is 1. The summed E-state index contributed by atoms with van der Waals surface area (Å²) in [4.78, 5) is 13.5. The van der Waals surface area contributed by atoms with Crippen molar-refractivity contribution < 1.29 is 14.6 Å². The van der Waals surface area contributed by atoms with E-state index >= 15 is 0 Å². The first-order valence-electron chi connectivity index (χ1n) is 6.64. The Bertz CT molecular complexity index is 279. The predicted octanol–water partition coefficient (Wildman–Crippen LogP) is 0.939. The Balaban J connectivity index is 2.48. The van der Waals surface area contributed by atoms with Crippen LogP contribution in [0, 0.1) is 0 Å². The molecule has 1 aliphatic heterocycles. The van der Waals surface area contributed by atoms with Crippen LogP contribution in [0.15, 0.2) is 0 Å². The standard InChI is InChI=1S/C13H26N2O3/c1-10(2)14-11(12(16)17)5-6-15-7-8-18-9-13(15,3)4/h10-11,14H,5-9H2,1-4H3,(H,16,17). The Morgan fingerprint density at radius 2 is 2.17 bits per heavy atom. The summed E-state index contributed by atoms with van der Waals surface area (Å²) in [5, 5.41) is 12.3. The minimum absolute atomic E-state index is 0.000859. The summed E-state index contributed by atoms with van der Waals surface area (Å²) >= 11 is 0. The van der Waals surface area contributed by atoms with Crippen molar-refractivity contribution in [2.75, 3.05) is 26.3 Å². The highest BCUT2D eigenvalue weighted by Gasteiger charge is 2.31. The van der Waals surface area contributed by atoms with Gasteiger partial charge in [0.1, 0.15) is 6.04 Å². The molecular formula is C13H26N2O3. The van der Waals surface area contributed by atoms with Gasteiger partial charge in [-0.25, -0.2) is 0 Å². The van der Waals surface area contributed by atoms with Crippen LogP contribution >= 0.6 is 0 Å². The second kappa shape index (κ2) is 6.50. The van der Waals surface area contributed by atoms with E-state index in [2.05, 4.69) is 24.1 Å². The van der Waals surface area contributed by atoms with E-state index in [-0.39, 0.29) is 11.6 Å². The van der Waals surface area contributed by atoms with Crippen LogP contribution in [-0.4, -0.2) is 59.9 Å². The molecule has 0 aromatic carbocycles. The van der Waals surface area contributed by atoms with E-state index in [1.54, 1.807) is 0 Å². The fourth-order valence-electron chi connectivity index (χ4n) is 2.27. The van der Waals surface area contributed by atoms with Crippen LogP contribution in [0.1, 0.15) is 34.1 Å². The zero-order valence-electron chi connectivity index (χ0n) is 11.9. The molecule has 18 heavy (non-hydrogen) atoms. The van der Waals surface area contributed by atoms with Gasteiger partial charge in [0.15, 0.2) is 0 Å². The number of hydrogen-bond donors (Lipinski definition) is 2. The Morgan fingerprint density at radius 1 is 1.50 bits per heavy atom. The van der Waals surface area contributed by atoms with Crippen LogP contribution < -0.4 is 5.32 Å². The molecule has 106 valence electrons. The third kappa shape index (κ3) is 4.55. The van der Waals surface area contributed by atoms with Crippen molar-refractivity contribution in [1.29, 1.82) is 0 Å². The molecule has 1 saturated heterocycles. The van der Waals surface area contributed by atoms with E-state index in [9.17, 15) is 9.90 Å². The SMILES string of the molecule is CC(C)NC(CCN1CCOCC1(C)C)C(=O)O. The number of carbonyl (C=O) groups is 1. The Morgan fingerprint density at radius 3 is 2.67 bits per heavy atom. The molecule has 1 fully saturated rings. The molecule has 1 heterocycles. The Labute approximate surface area is 109 Å². The number of carboxylic acid groups (broad SMARTS) is 1. The number of aliphatic carboxylic acids is 1. The molecule has 0 radical (unpaired) electrons. The topological polar surface area (TPSA) is 61.8 Å². The summed E-state index contributed by atoms with van der Waals surface area (Å²) in [5.74, 6) is -0.769. The normalized spacial score (nSPS) is 22.1. The van der Waals surface area contributed by atoms with Gasteiger partial charge in [-0.3, -0.25) is 9.69 Å². The van der Waals surface area contributed by atoms with Crippen molar-refractivity contribution in [3.05, 3.63) is 0 Å². The lowest BCUT2D eigenvalue weighted by molar-refractivity contribution is -0.140. The van der Waals surface area contributed by atoms with Gasteiger partial charge in [0.25, 0.3) is 0 Å². The van der Waals surface area contributed by atoms with Crippen molar-refractivity contribution in [3.8, 4) is 0 Å². The highest BCUT2D eigenvalue weighted by atomic mass is 16.5. The van der Waals surface area contributed by atoms with E-state index in [0.29, 0.717) is 13.0 Å². The Kier molecular flexibility index (Phi) is 5.56. The van der Waals surface area contributed by atoms with E-state index in [0.717, 1.165) is 19.7 Å². The summed E-state index contributed by atoms with van der Waals surface area (Å²) in [6.07, 6.45) is 0.622. The summed E-state index contributed by atoms with van der Waals surface area (Å²) < 4.78 is 5.46. The minimum Gasteiger partial charge on any atom is -0.480 e. The number of nitrogens with zero attached hydrogens (tertiary/aromatic N) is 1. The molecule has 0 aromatic heterocycles. The van der Waals surface area contributed by atoms with E-state index in [4.69, 9.17) is 4.74 Å². The number of rotatable bonds is 6. The zero-order valence-corrected chi connectivity index (χ0v) is 11.9. The van der Waals surface area contributed by atoms with Crippen LogP contribution in [0.25, 0.3) is 0 Å². The largest absolute Gasteiger partial charge is 0.480 e. The maximum absolute atomic E-state index is 11.2. The lowest BCUT2D eigenvalue weighted by Gasteiger charge is -2.42. The predicted molar refractivity (Wildman–Crippen MR) is 70.8 cm³/mol. The third-order valence-electron chi connectivity index (χ3n) is 3.34. The first kappa shape index (κ1) is 15.4. The van der Waals surface area contributed by atoms with Gasteiger partial charge in [-0.05, 0) is 20.3 Å². The maximum atomic E-state index is 11.2. The lowest BCUT2D eigenvalue weighted by atomic mass is 10.0. The molecule has 2 N–H and O–H groups in total. The smallest absolute Gasteiger partial charge is 0.320 e. The van der Waals surface area contributed by atoms with E-state index < -0.39 is 12.0 Å². The quantitative estimate of drug-likeness (QED) is 0.742. The van der Waals surface area contributed by atoms with Crippen molar-refractivity contribution >= 4 is 5.97 Å². The highest BCUT2D eigenvalue weighted by Crippen LogP contribution is 2.19. The summed E-state index contributed by atoms with van der Waals surface area (Å²) in [6, 6.07) is -0.285. The fourth-order valence-corrected chi connectivity index (χ4v) is 2.27. The first-order valence-corrected chi connectivity index (χ1v) is 6.64. The number of nitrogens with one attached hydrogen (secondary N) is 1. The number of ether oxygens (including phenoxy) is 1. The van der Waals surface area contributed by atoms with Gasteiger partial charge in [-0.15, -0.1) is 0 Å². The Hall–Kier alpha value is -0.650. The van der Waals surface area contributed by atoms with Crippen LogP contribution in [0.5, 0.6) is 0 Å². The molecule has 1 rings (SSSR count). The van der Waals surface area contributed by atoms with Gasteiger partial charge >= 0.3 is 5.97 Å². The zero-order chi connectivity index (χ0) is 13.8. The van der Waals surface area contributed by atoms with Gasteiger partial charge in [0.2, 0.25) is 0 Å². The number of hydrogen-bond acceptors (Lipinski definition) is 4. The highest BCUT2D eigenvalue weighted by molar-refractivity contribution is 5.73. The summed E-state index contributed by atoms with van der Waals surface area (Å²) in [6.45, 7) is 11.3. The molecule has 0 saturated carbocycles. The van der Waals surface area contributed by atoms with Crippen LogP contribution in [0.3, 0.4) is 0 Å². The van der Waals surface area contributed by atoms with E-state index in [1.807, 2.05) is 13.8 Å². The van der Waals surface area contributed by atoms with Gasteiger partial charge in [0.05, 0.1) is 13.2 Å². The first-order chi connectivity index (χ1) is 8.33. The molecule has 0 bridgehead atoms. The molecule has 0 amide bonds. The van der Waals surface area contributed by atoms with Crippen molar-refractivity contribution in [3.63, 3.8) is 0 Å². The second-order valence-electron chi connectivity index (χ2n) is 5.85. The molecule has 5 nitrogen and oxygen atoms in total. The van der Waals surface area contributed by atoms with Crippen molar-refractivity contribution in [1.82, 2.24) is 10.2 Å². The molecule has 1 aliphatic rings. The van der Waals surface area contributed by atoms with Crippen molar-refractivity contribution in [2.24, 2.45) is 0 Å². The molecule has 0 spiro atoms. The lowest BCUT2D eigenvalue weighted by Crippen LogP contribution is -2.54. The van der Waals surface area contributed by atoms with Crippen LogP contribution in [0.4, 0.5) is 0 Å². The molecular weight excluding hydrogens is 232 g/mol. The van der Waals surface area contributed by atoms with Gasteiger partial charge in [0, 0.05) is 24.7 Å². The average molecular weight is 258 g/mol. The van der Waals surface area contributed by atoms with Crippen LogP contribution in [-0.2, 0) is 9.53 Å². The molecule has 0 aromatic rings. The average Bonchev–Trinajstić information content (AvgIpc) is 2.24. The van der Waals surface area contributed by atoms with Crippen LogP contribution in [0.2, 0.25) is 0 Å². The molecule has 1 unspecified atom stereocenters. The molecule has 1 atom stereocenters. The number of carboxylic acids is 1. The second-order valence-corrected chi connectivity index (χ2v) is 5.85. The van der Waals surface area contributed by atoms with Gasteiger partial charge in [-0.2, -0.15) is 0 Å². The third-order valence-corrected chi connectivity index (χ3v) is 3.34.